The molecule has 0 unspecified atom stereocenters. The largest absolute Gasteiger partial charge is 0.369 e. The van der Waals surface area contributed by atoms with Crippen LogP contribution >= 0.6 is 0 Å². The molecule has 0 radical (unpaired) electrons. The van der Waals surface area contributed by atoms with Crippen molar-refractivity contribution in [1.29, 1.82) is 0 Å². The Balaban J connectivity index is 2.24. The van der Waals surface area contributed by atoms with Crippen molar-refractivity contribution in [2.24, 2.45) is 5.92 Å². The molecule has 1 heterocycles. The van der Waals surface area contributed by atoms with E-state index in [0.29, 0.717) is 18.9 Å². The second-order valence-corrected chi connectivity index (χ2v) is 4.54. The number of rotatable bonds is 6. The molecule has 0 aliphatic rings. The Hall–Kier alpha value is -1.58. The van der Waals surface area contributed by atoms with Crippen LogP contribution in [0.15, 0.2) is 18.3 Å². The minimum absolute atomic E-state index is 0.0831. The van der Waals surface area contributed by atoms with Gasteiger partial charge in [0.05, 0.1) is 0 Å². The fourth-order valence-corrected chi connectivity index (χ4v) is 1.37. The third kappa shape index (κ3) is 5.33. The van der Waals surface area contributed by atoms with E-state index in [-0.39, 0.29) is 5.91 Å². The van der Waals surface area contributed by atoms with Crippen molar-refractivity contribution in [2.75, 3.05) is 18.4 Å². The molecule has 0 aromatic carbocycles. The highest BCUT2D eigenvalue weighted by Gasteiger charge is 2.03. The summed E-state index contributed by atoms with van der Waals surface area (Å²) in [5.74, 6) is 1.42. The predicted molar refractivity (Wildman–Crippen MR) is 69.9 cm³/mol. The van der Waals surface area contributed by atoms with E-state index in [2.05, 4.69) is 29.5 Å². The summed E-state index contributed by atoms with van der Waals surface area (Å²) in [4.78, 5) is 15.7. The average molecular weight is 235 g/mol. The van der Waals surface area contributed by atoms with E-state index in [1.54, 1.807) is 6.20 Å². The van der Waals surface area contributed by atoms with Crippen molar-refractivity contribution in [1.82, 2.24) is 10.3 Å². The van der Waals surface area contributed by atoms with E-state index in [0.717, 1.165) is 17.9 Å². The van der Waals surface area contributed by atoms with E-state index >= 15 is 0 Å². The van der Waals surface area contributed by atoms with Crippen LogP contribution in [0.1, 0.15) is 25.8 Å². The molecule has 0 saturated carbocycles. The van der Waals surface area contributed by atoms with Crippen molar-refractivity contribution in [2.45, 2.75) is 27.2 Å². The van der Waals surface area contributed by atoms with Crippen LogP contribution in [0.5, 0.6) is 0 Å². The van der Waals surface area contributed by atoms with Crippen molar-refractivity contribution < 1.29 is 4.79 Å². The number of hydrogen-bond acceptors (Lipinski definition) is 3. The lowest BCUT2D eigenvalue weighted by atomic mass is 10.2. The molecule has 2 N–H and O–H groups in total. The molecule has 0 saturated heterocycles. The van der Waals surface area contributed by atoms with Crippen LogP contribution in [0.3, 0.4) is 0 Å². The molecule has 4 heteroatoms. The Morgan fingerprint density at radius 2 is 2.24 bits per heavy atom. The van der Waals surface area contributed by atoms with Crippen LogP contribution in [0, 0.1) is 12.8 Å². The number of aromatic nitrogens is 1. The van der Waals surface area contributed by atoms with Gasteiger partial charge in [-0.2, -0.15) is 0 Å². The molecule has 94 valence electrons. The molecule has 0 aliphatic carbocycles. The Bertz CT molecular complexity index is 363. The third-order valence-corrected chi connectivity index (χ3v) is 2.36. The van der Waals surface area contributed by atoms with Crippen molar-refractivity contribution in [3.63, 3.8) is 0 Å². The van der Waals surface area contributed by atoms with Crippen molar-refractivity contribution in [3.05, 3.63) is 23.9 Å². The highest BCUT2D eigenvalue weighted by molar-refractivity contribution is 5.76. The van der Waals surface area contributed by atoms with E-state index in [9.17, 15) is 4.79 Å². The highest BCUT2D eigenvalue weighted by atomic mass is 16.1. The number of amides is 1. The summed E-state index contributed by atoms with van der Waals surface area (Å²) in [6.45, 7) is 7.50. The van der Waals surface area contributed by atoms with Gasteiger partial charge in [0.1, 0.15) is 5.82 Å². The standard InChI is InChI=1S/C13H21N3O/c1-10(2)9-16-12(17)6-8-15-13-11(3)5-4-7-14-13/h4-5,7,10H,6,8-9H2,1-3H3,(H,14,15)(H,16,17). The predicted octanol–water partition coefficient (Wildman–Crippen LogP) is 1.96. The zero-order valence-electron chi connectivity index (χ0n) is 10.8. The number of nitrogens with zero attached hydrogens (tertiary/aromatic N) is 1. The molecule has 17 heavy (non-hydrogen) atoms. The number of nitrogens with one attached hydrogen (secondary N) is 2. The zero-order chi connectivity index (χ0) is 12.7. The third-order valence-electron chi connectivity index (χ3n) is 2.36. The van der Waals surface area contributed by atoms with E-state index < -0.39 is 0 Å². The van der Waals surface area contributed by atoms with E-state index in [1.807, 2.05) is 19.1 Å². The second kappa shape index (κ2) is 6.89. The molecule has 0 bridgehead atoms. The Morgan fingerprint density at radius 3 is 2.88 bits per heavy atom. The fourth-order valence-electron chi connectivity index (χ4n) is 1.37. The highest BCUT2D eigenvalue weighted by Crippen LogP contribution is 2.08. The first-order valence-electron chi connectivity index (χ1n) is 6.01. The molecule has 0 atom stereocenters. The minimum Gasteiger partial charge on any atom is -0.369 e. The van der Waals surface area contributed by atoms with Crippen LogP contribution < -0.4 is 10.6 Å². The van der Waals surface area contributed by atoms with Gasteiger partial charge >= 0.3 is 0 Å². The van der Waals surface area contributed by atoms with Crippen LogP contribution in [-0.4, -0.2) is 24.0 Å². The van der Waals surface area contributed by atoms with Crippen LogP contribution in [0.2, 0.25) is 0 Å². The lowest BCUT2D eigenvalue weighted by Gasteiger charge is -2.09. The molecule has 4 nitrogen and oxygen atoms in total. The van der Waals surface area contributed by atoms with Crippen LogP contribution in [0.25, 0.3) is 0 Å². The Labute approximate surface area is 103 Å². The summed E-state index contributed by atoms with van der Waals surface area (Å²) in [6, 6.07) is 3.89. The van der Waals surface area contributed by atoms with Gasteiger partial charge in [-0.25, -0.2) is 4.98 Å². The molecule has 1 rings (SSSR count). The van der Waals surface area contributed by atoms with Gasteiger partial charge in [0.25, 0.3) is 0 Å². The van der Waals surface area contributed by atoms with Gasteiger partial charge < -0.3 is 10.6 Å². The molecule has 0 aliphatic heterocycles. The number of aryl methyl sites for hydroxylation is 1. The first kappa shape index (κ1) is 13.5. The van der Waals surface area contributed by atoms with E-state index in [1.165, 1.54) is 0 Å². The van der Waals surface area contributed by atoms with Gasteiger partial charge in [-0.05, 0) is 24.5 Å². The lowest BCUT2D eigenvalue weighted by molar-refractivity contribution is -0.120. The van der Waals surface area contributed by atoms with Crippen LogP contribution in [0.4, 0.5) is 5.82 Å². The topological polar surface area (TPSA) is 54.0 Å². The molecule has 1 aromatic heterocycles. The second-order valence-electron chi connectivity index (χ2n) is 4.54. The molecule has 1 amide bonds. The summed E-state index contributed by atoms with van der Waals surface area (Å²) in [5.41, 5.74) is 1.09. The van der Waals surface area contributed by atoms with Gasteiger partial charge in [0.15, 0.2) is 0 Å². The number of pyridine rings is 1. The molecular formula is C13H21N3O. The molecule has 0 spiro atoms. The SMILES string of the molecule is Cc1cccnc1NCCC(=O)NCC(C)C. The van der Waals surface area contributed by atoms with Crippen LogP contribution in [-0.2, 0) is 4.79 Å². The maximum Gasteiger partial charge on any atom is 0.221 e. The first-order chi connectivity index (χ1) is 8.09. The number of carbonyl (C=O) groups is 1. The maximum atomic E-state index is 11.5. The summed E-state index contributed by atoms with van der Waals surface area (Å²) in [5, 5.41) is 6.04. The van der Waals surface area contributed by atoms with Gasteiger partial charge in [-0.1, -0.05) is 19.9 Å². The Morgan fingerprint density at radius 1 is 1.47 bits per heavy atom. The van der Waals surface area contributed by atoms with Gasteiger partial charge in [-0.15, -0.1) is 0 Å². The summed E-state index contributed by atoms with van der Waals surface area (Å²) >= 11 is 0. The maximum absolute atomic E-state index is 11.5. The fraction of sp³-hybridized carbons (Fsp3) is 0.538. The smallest absolute Gasteiger partial charge is 0.221 e. The number of anilines is 1. The lowest BCUT2D eigenvalue weighted by Crippen LogP contribution is -2.28. The first-order valence-corrected chi connectivity index (χ1v) is 6.01. The van der Waals surface area contributed by atoms with Gasteiger partial charge in [0, 0.05) is 25.7 Å². The average Bonchev–Trinajstić information content (AvgIpc) is 2.29. The summed E-state index contributed by atoms with van der Waals surface area (Å²) < 4.78 is 0. The normalized spacial score (nSPS) is 10.4. The summed E-state index contributed by atoms with van der Waals surface area (Å²) in [6.07, 6.45) is 2.22. The quantitative estimate of drug-likeness (QED) is 0.792. The Kier molecular flexibility index (Phi) is 5.46. The van der Waals surface area contributed by atoms with Crippen molar-refractivity contribution in [3.8, 4) is 0 Å². The zero-order valence-corrected chi connectivity index (χ0v) is 10.8. The molecule has 1 aromatic rings. The number of carbonyl (C=O) groups excluding carboxylic acids is 1. The monoisotopic (exact) mass is 235 g/mol. The summed E-state index contributed by atoms with van der Waals surface area (Å²) in [7, 11) is 0. The molecule has 0 fully saturated rings. The molecular weight excluding hydrogens is 214 g/mol. The van der Waals surface area contributed by atoms with Gasteiger partial charge in [-0.3, -0.25) is 4.79 Å². The van der Waals surface area contributed by atoms with Crippen molar-refractivity contribution >= 4 is 11.7 Å². The van der Waals surface area contributed by atoms with E-state index in [4.69, 9.17) is 0 Å². The van der Waals surface area contributed by atoms with Gasteiger partial charge in [0.2, 0.25) is 5.91 Å². The number of hydrogen-bond donors (Lipinski definition) is 2. The minimum atomic E-state index is 0.0831.